The predicted molar refractivity (Wildman–Crippen MR) is 91.1 cm³/mol. The molecule has 2 amide bonds. The van der Waals surface area contributed by atoms with Gasteiger partial charge in [0, 0.05) is 0 Å². The van der Waals surface area contributed by atoms with Gasteiger partial charge < -0.3 is 15.8 Å². The standard InChI is InChI=1S/C19H26N2O3/c1-11(2)13-8-7-12-5-3-4-6-14(12)17(13)21-19(23)16-10-9-15(24-16)18(20)22/h3-6,11,13,15-17H,7-10H2,1-2H3,(H2,20,22)(H,21,23)/t13-,15+,16-,17+/m0/s1. The highest BCUT2D eigenvalue weighted by molar-refractivity contribution is 5.84. The first-order valence-electron chi connectivity index (χ1n) is 8.80. The molecule has 1 aliphatic carbocycles. The van der Waals surface area contributed by atoms with Crippen molar-refractivity contribution in [3.8, 4) is 0 Å². The molecule has 24 heavy (non-hydrogen) atoms. The number of hydrogen-bond acceptors (Lipinski definition) is 3. The van der Waals surface area contributed by atoms with Crippen molar-refractivity contribution in [3.05, 3.63) is 35.4 Å². The fourth-order valence-electron chi connectivity index (χ4n) is 3.97. The summed E-state index contributed by atoms with van der Waals surface area (Å²) in [4.78, 5) is 23.9. The average molecular weight is 330 g/mol. The van der Waals surface area contributed by atoms with Crippen molar-refractivity contribution >= 4 is 11.8 Å². The molecule has 1 fully saturated rings. The third kappa shape index (κ3) is 3.31. The van der Waals surface area contributed by atoms with Crippen LogP contribution in [0.4, 0.5) is 0 Å². The molecule has 0 unspecified atom stereocenters. The maximum absolute atomic E-state index is 12.7. The Morgan fingerprint density at radius 2 is 1.88 bits per heavy atom. The Bertz CT molecular complexity index is 629. The Labute approximate surface area is 142 Å². The Morgan fingerprint density at radius 3 is 2.54 bits per heavy atom. The second kappa shape index (κ2) is 6.93. The van der Waals surface area contributed by atoms with Crippen molar-refractivity contribution in [2.75, 3.05) is 0 Å². The molecule has 2 aliphatic rings. The van der Waals surface area contributed by atoms with E-state index in [2.05, 4.69) is 31.3 Å². The molecule has 3 rings (SSSR count). The van der Waals surface area contributed by atoms with Gasteiger partial charge in [-0.25, -0.2) is 0 Å². The van der Waals surface area contributed by atoms with Gasteiger partial charge in [0.1, 0.15) is 12.2 Å². The number of nitrogens with two attached hydrogens (primary N) is 1. The Morgan fingerprint density at radius 1 is 1.17 bits per heavy atom. The third-order valence-electron chi connectivity index (χ3n) is 5.35. The van der Waals surface area contributed by atoms with Gasteiger partial charge in [0.2, 0.25) is 11.8 Å². The van der Waals surface area contributed by atoms with E-state index in [1.807, 2.05) is 12.1 Å². The first-order valence-corrected chi connectivity index (χ1v) is 8.80. The minimum absolute atomic E-state index is 0.00122. The molecule has 5 nitrogen and oxygen atoms in total. The predicted octanol–water partition coefficient (Wildman–Crippen LogP) is 2.10. The molecule has 1 aromatic rings. The van der Waals surface area contributed by atoms with Gasteiger partial charge in [-0.15, -0.1) is 0 Å². The molecule has 0 spiro atoms. The largest absolute Gasteiger partial charge is 0.367 e. The topological polar surface area (TPSA) is 81.4 Å². The van der Waals surface area contributed by atoms with Crippen LogP contribution >= 0.6 is 0 Å². The Hall–Kier alpha value is -1.88. The van der Waals surface area contributed by atoms with Gasteiger partial charge in [0.05, 0.1) is 6.04 Å². The van der Waals surface area contributed by atoms with Gasteiger partial charge in [-0.2, -0.15) is 0 Å². The molecule has 4 atom stereocenters. The van der Waals surface area contributed by atoms with E-state index in [4.69, 9.17) is 10.5 Å². The van der Waals surface area contributed by atoms with Gasteiger partial charge in [0.15, 0.2) is 0 Å². The van der Waals surface area contributed by atoms with Crippen molar-refractivity contribution in [3.63, 3.8) is 0 Å². The number of amides is 2. The molecule has 5 heteroatoms. The van der Waals surface area contributed by atoms with E-state index < -0.39 is 18.1 Å². The molecule has 0 bridgehead atoms. The smallest absolute Gasteiger partial charge is 0.249 e. The second-order valence-electron chi connectivity index (χ2n) is 7.22. The van der Waals surface area contributed by atoms with Crippen LogP contribution in [-0.2, 0) is 20.7 Å². The monoisotopic (exact) mass is 330 g/mol. The van der Waals surface area contributed by atoms with Crippen LogP contribution in [0.25, 0.3) is 0 Å². The summed E-state index contributed by atoms with van der Waals surface area (Å²) in [5.74, 6) is 0.253. The van der Waals surface area contributed by atoms with E-state index in [1.165, 1.54) is 11.1 Å². The Kier molecular flexibility index (Phi) is 4.90. The molecule has 0 saturated carbocycles. The number of carbonyl (C=O) groups is 2. The highest BCUT2D eigenvalue weighted by Gasteiger charge is 2.37. The molecule has 1 heterocycles. The van der Waals surface area contributed by atoms with Crippen LogP contribution in [-0.4, -0.2) is 24.0 Å². The van der Waals surface area contributed by atoms with E-state index in [-0.39, 0.29) is 11.9 Å². The lowest BCUT2D eigenvalue weighted by molar-refractivity contribution is -0.138. The summed E-state index contributed by atoms with van der Waals surface area (Å²) >= 11 is 0. The number of ether oxygens (including phenoxy) is 1. The molecular weight excluding hydrogens is 304 g/mol. The number of rotatable bonds is 4. The van der Waals surface area contributed by atoms with E-state index in [1.54, 1.807) is 0 Å². The first-order chi connectivity index (χ1) is 11.5. The fraction of sp³-hybridized carbons (Fsp3) is 0.579. The van der Waals surface area contributed by atoms with E-state index >= 15 is 0 Å². The van der Waals surface area contributed by atoms with Crippen LogP contribution in [0.2, 0.25) is 0 Å². The van der Waals surface area contributed by atoms with Gasteiger partial charge in [-0.1, -0.05) is 38.1 Å². The maximum Gasteiger partial charge on any atom is 0.249 e. The number of hydrogen-bond donors (Lipinski definition) is 2. The SMILES string of the molecule is CC(C)[C@@H]1CCc2ccccc2[C@@H]1NC(=O)[C@@H]1CC[C@H](C(N)=O)O1. The molecule has 130 valence electrons. The van der Waals surface area contributed by atoms with E-state index in [0.717, 1.165) is 12.8 Å². The second-order valence-corrected chi connectivity index (χ2v) is 7.22. The lowest BCUT2D eigenvalue weighted by atomic mass is 9.74. The van der Waals surface area contributed by atoms with Crippen molar-refractivity contribution in [1.82, 2.24) is 5.32 Å². The van der Waals surface area contributed by atoms with E-state index in [0.29, 0.717) is 24.7 Å². The lowest BCUT2D eigenvalue weighted by Crippen LogP contribution is -2.43. The maximum atomic E-state index is 12.7. The van der Waals surface area contributed by atoms with Crippen LogP contribution in [0.5, 0.6) is 0 Å². The fourth-order valence-corrected chi connectivity index (χ4v) is 3.97. The quantitative estimate of drug-likeness (QED) is 0.887. The summed E-state index contributed by atoms with van der Waals surface area (Å²) in [5, 5.41) is 3.19. The molecule has 1 saturated heterocycles. The van der Waals surface area contributed by atoms with Crippen molar-refractivity contribution in [2.24, 2.45) is 17.6 Å². The highest BCUT2D eigenvalue weighted by Crippen LogP contribution is 2.38. The van der Waals surface area contributed by atoms with Gasteiger partial charge in [0.25, 0.3) is 0 Å². The summed E-state index contributed by atoms with van der Waals surface area (Å²) in [6, 6.07) is 8.32. The number of aryl methyl sites for hydroxylation is 1. The summed E-state index contributed by atoms with van der Waals surface area (Å²) in [6.07, 6.45) is 1.96. The zero-order valence-electron chi connectivity index (χ0n) is 14.3. The normalized spacial score (nSPS) is 29.3. The van der Waals surface area contributed by atoms with E-state index in [9.17, 15) is 9.59 Å². The number of fused-ring (bicyclic) bond motifs is 1. The molecule has 0 radical (unpaired) electrons. The molecule has 3 N–H and O–H groups in total. The molecule has 1 aliphatic heterocycles. The minimum atomic E-state index is -0.639. The number of benzene rings is 1. The summed E-state index contributed by atoms with van der Waals surface area (Å²) in [5.41, 5.74) is 7.79. The lowest BCUT2D eigenvalue weighted by Gasteiger charge is -2.37. The number of nitrogens with one attached hydrogen (secondary N) is 1. The first kappa shape index (κ1) is 17.0. The zero-order valence-corrected chi connectivity index (χ0v) is 14.3. The van der Waals surface area contributed by atoms with Crippen molar-refractivity contribution < 1.29 is 14.3 Å². The van der Waals surface area contributed by atoms with Gasteiger partial charge >= 0.3 is 0 Å². The Balaban J connectivity index is 1.76. The van der Waals surface area contributed by atoms with Gasteiger partial charge in [-0.3, -0.25) is 9.59 Å². The zero-order chi connectivity index (χ0) is 17.3. The highest BCUT2D eigenvalue weighted by atomic mass is 16.5. The molecular formula is C19H26N2O3. The summed E-state index contributed by atoms with van der Waals surface area (Å²) in [6.45, 7) is 4.40. The average Bonchev–Trinajstić information content (AvgIpc) is 3.05. The van der Waals surface area contributed by atoms with Gasteiger partial charge in [-0.05, 0) is 48.6 Å². The van der Waals surface area contributed by atoms with Crippen LogP contribution < -0.4 is 11.1 Å². The van der Waals surface area contributed by atoms with Crippen LogP contribution in [0.1, 0.15) is 50.3 Å². The number of carbonyl (C=O) groups excluding carboxylic acids is 2. The number of primary amides is 1. The molecule has 0 aromatic heterocycles. The van der Waals surface area contributed by atoms with Crippen molar-refractivity contribution in [2.45, 2.75) is 57.8 Å². The van der Waals surface area contributed by atoms with Crippen LogP contribution in [0.3, 0.4) is 0 Å². The van der Waals surface area contributed by atoms with Crippen molar-refractivity contribution in [1.29, 1.82) is 0 Å². The minimum Gasteiger partial charge on any atom is -0.367 e. The molecule has 1 aromatic carbocycles. The van der Waals surface area contributed by atoms with Crippen LogP contribution in [0, 0.1) is 11.8 Å². The summed E-state index contributed by atoms with van der Waals surface area (Å²) < 4.78 is 5.52. The third-order valence-corrected chi connectivity index (χ3v) is 5.35. The van der Waals surface area contributed by atoms with Crippen LogP contribution in [0.15, 0.2) is 24.3 Å². The summed E-state index contributed by atoms with van der Waals surface area (Å²) in [7, 11) is 0.